The summed E-state index contributed by atoms with van der Waals surface area (Å²) in [5.74, 6) is 3.76. The molecule has 0 saturated heterocycles. The molecule has 0 amide bonds. The fourth-order valence-electron chi connectivity index (χ4n) is 3.78. The Kier molecular flexibility index (Phi) is 5.20. The van der Waals surface area contributed by atoms with Crippen molar-refractivity contribution in [3.05, 3.63) is 108 Å². The molecule has 2 heterocycles. The smallest absolute Gasteiger partial charge is 0.146 e. The quantitative estimate of drug-likeness (QED) is 0.328. The van der Waals surface area contributed by atoms with Gasteiger partial charge in [0.25, 0.3) is 0 Å². The van der Waals surface area contributed by atoms with E-state index in [4.69, 9.17) is 18.6 Å². The Morgan fingerprint density at radius 2 is 1.59 bits per heavy atom. The van der Waals surface area contributed by atoms with Gasteiger partial charge in [-0.25, -0.2) is 0 Å². The third kappa shape index (κ3) is 4.26. The summed E-state index contributed by atoms with van der Waals surface area (Å²) in [6.07, 6.45) is 1.93. The topological polar surface area (TPSA) is 40.8 Å². The lowest BCUT2D eigenvalue weighted by Crippen LogP contribution is -2.02. The number of aryl methyl sites for hydroxylation is 1. The Bertz CT molecular complexity index is 1330. The molecular weight excluding hydrogens is 400 g/mol. The maximum Gasteiger partial charge on any atom is 0.146 e. The first-order valence-corrected chi connectivity index (χ1v) is 10.6. The number of fused-ring (bicyclic) bond motifs is 2. The first-order chi connectivity index (χ1) is 15.5. The molecule has 0 N–H and O–H groups in total. The Morgan fingerprint density at radius 1 is 0.812 bits per heavy atom. The summed E-state index contributed by atoms with van der Waals surface area (Å²) in [7, 11) is 0. The lowest BCUT2D eigenvalue weighted by molar-refractivity contribution is 0.273. The fourth-order valence-corrected chi connectivity index (χ4v) is 3.78. The Hall–Kier alpha value is -3.92. The van der Waals surface area contributed by atoms with E-state index in [-0.39, 0.29) is 0 Å². The first-order valence-electron chi connectivity index (χ1n) is 10.6. The summed E-state index contributed by atoms with van der Waals surface area (Å²) in [4.78, 5) is 0. The van der Waals surface area contributed by atoms with Gasteiger partial charge in [0.15, 0.2) is 0 Å². The maximum absolute atomic E-state index is 5.96. The molecule has 4 heteroatoms. The van der Waals surface area contributed by atoms with Crippen molar-refractivity contribution >= 4 is 16.5 Å². The number of benzene rings is 3. The lowest BCUT2D eigenvalue weighted by Gasteiger charge is -2.18. The Labute approximate surface area is 187 Å². The van der Waals surface area contributed by atoms with Crippen molar-refractivity contribution in [2.45, 2.75) is 27.1 Å². The highest BCUT2D eigenvalue weighted by atomic mass is 16.5. The van der Waals surface area contributed by atoms with Crippen LogP contribution in [0.5, 0.6) is 17.2 Å². The molecule has 32 heavy (non-hydrogen) atoms. The van der Waals surface area contributed by atoms with Crippen LogP contribution in [0.2, 0.25) is 0 Å². The van der Waals surface area contributed by atoms with Gasteiger partial charge >= 0.3 is 0 Å². The van der Waals surface area contributed by atoms with Crippen molar-refractivity contribution in [2.75, 3.05) is 0 Å². The van der Waals surface area contributed by atoms with Gasteiger partial charge in [-0.1, -0.05) is 30.3 Å². The Morgan fingerprint density at radius 3 is 2.44 bits per heavy atom. The molecule has 4 aromatic rings. The zero-order valence-electron chi connectivity index (χ0n) is 18.2. The molecule has 0 unspecified atom stereocenters. The van der Waals surface area contributed by atoms with Crippen LogP contribution in [-0.4, -0.2) is 0 Å². The summed E-state index contributed by atoms with van der Waals surface area (Å²) in [6.45, 7) is 8.85. The molecule has 160 valence electrons. The van der Waals surface area contributed by atoms with E-state index in [0.717, 1.165) is 50.7 Å². The van der Waals surface area contributed by atoms with E-state index in [1.54, 1.807) is 0 Å². The molecule has 3 aromatic carbocycles. The molecule has 0 atom stereocenters. The highest BCUT2D eigenvalue weighted by Crippen LogP contribution is 2.35. The minimum absolute atomic E-state index is 0.387. The molecular formula is C28H24O4. The standard InChI is InChI=1S/C28H24O4/c1-18-4-11-27-22(12-18)14-25(32-27)17-30-23-7-5-21(6-8-23)16-29-24-9-10-26-19(2)13-20(3)31-28(26)15-24/h4-15H,3,16-17H2,1-2H3. The van der Waals surface area contributed by atoms with Crippen LogP contribution in [0.1, 0.15) is 29.4 Å². The van der Waals surface area contributed by atoms with Crippen LogP contribution < -0.4 is 14.2 Å². The van der Waals surface area contributed by atoms with Gasteiger partial charge in [0.05, 0.1) is 0 Å². The van der Waals surface area contributed by atoms with Gasteiger partial charge < -0.3 is 18.6 Å². The number of allylic oxidation sites excluding steroid dienone is 2. The Balaban J connectivity index is 1.18. The monoisotopic (exact) mass is 424 g/mol. The summed E-state index contributed by atoms with van der Waals surface area (Å²) in [5, 5.41) is 1.10. The second-order valence-electron chi connectivity index (χ2n) is 8.03. The minimum atomic E-state index is 0.387. The van der Waals surface area contributed by atoms with Crippen LogP contribution in [0.15, 0.2) is 89.6 Å². The highest BCUT2D eigenvalue weighted by molar-refractivity contribution is 5.78. The third-order valence-electron chi connectivity index (χ3n) is 5.43. The van der Waals surface area contributed by atoms with Gasteiger partial charge in [0.2, 0.25) is 0 Å². The van der Waals surface area contributed by atoms with Crippen molar-refractivity contribution < 1.29 is 18.6 Å². The first kappa shape index (κ1) is 20.0. The molecule has 0 saturated carbocycles. The van der Waals surface area contributed by atoms with Crippen molar-refractivity contribution in [1.29, 1.82) is 0 Å². The maximum atomic E-state index is 5.96. The van der Waals surface area contributed by atoms with Crippen LogP contribution in [-0.2, 0) is 13.2 Å². The number of rotatable bonds is 6. The van der Waals surface area contributed by atoms with Crippen molar-refractivity contribution in [3.63, 3.8) is 0 Å². The zero-order valence-corrected chi connectivity index (χ0v) is 18.2. The van der Waals surface area contributed by atoms with Gasteiger partial charge in [0, 0.05) is 17.0 Å². The summed E-state index contributed by atoms with van der Waals surface area (Å²) in [5.41, 5.74) is 5.34. The van der Waals surface area contributed by atoms with Gasteiger partial charge in [-0.3, -0.25) is 0 Å². The van der Waals surface area contributed by atoms with Crippen LogP contribution in [0.4, 0.5) is 0 Å². The predicted molar refractivity (Wildman–Crippen MR) is 126 cm³/mol. The molecule has 0 aliphatic carbocycles. The molecule has 5 rings (SSSR count). The molecule has 0 bridgehead atoms. The van der Waals surface area contributed by atoms with Crippen molar-refractivity contribution in [1.82, 2.24) is 0 Å². The van der Waals surface area contributed by atoms with Gasteiger partial charge in [-0.2, -0.15) is 0 Å². The van der Waals surface area contributed by atoms with E-state index in [2.05, 4.69) is 19.6 Å². The molecule has 0 spiro atoms. The van der Waals surface area contributed by atoms with E-state index in [1.165, 1.54) is 5.56 Å². The van der Waals surface area contributed by atoms with Crippen molar-refractivity contribution in [2.24, 2.45) is 0 Å². The summed E-state index contributed by atoms with van der Waals surface area (Å²) < 4.78 is 23.4. The van der Waals surface area contributed by atoms with E-state index in [0.29, 0.717) is 19.0 Å². The molecule has 1 aliphatic heterocycles. The normalized spacial score (nSPS) is 12.8. The second kappa shape index (κ2) is 8.31. The van der Waals surface area contributed by atoms with Crippen LogP contribution in [0, 0.1) is 6.92 Å². The average molecular weight is 424 g/mol. The number of hydrogen-bond donors (Lipinski definition) is 0. The van der Waals surface area contributed by atoms with Crippen LogP contribution in [0.25, 0.3) is 16.5 Å². The predicted octanol–water partition coefficient (Wildman–Crippen LogP) is 7.21. The molecule has 0 fully saturated rings. The zero-order chi connectivity index (χ0) is 22.1. The summed E-state index contributed by atoms with van der Waals surface area (Å²) in [6, 6.07) is 21.9. The van der Waals surface area contributed by atoms with Gasteiger partial charge in [0.1, 0.15) is 47.6 Å². The number of furan rings is 1. The minimum Gasteiger partial charge on any atom is -0.489 e. The van der Waals surface area contributed by atoms with Crippen LogP contribution >= 0.6 is 0 Å². The molecule has 4 nitrogen and oxygen atoms in total. The fraction of sp³-hybridized carbons (Fsp3) is 0.143. The van der Waals surface area contributed by atoms with E-state index < -0.39 is 0 Å². The molecule has 1 aliphatic rings. The van der Waals surface area contributed by atoms with E-state index in [9.17, 15) is 0 Å². The lowest BCUT2D eigenvalue weighted by atomic mass is 10.0. The van der Waals surface area contributed by atoms with E-state index in [1.807, 2.05) is 73.7 Å². The average Bonchev–Trinajstić information content (AvgIpc) is 3.18. The molecule has 1 aromatic heterocycles. The number of ether oxygens (including phenoxy) is 3. The third-order valence-corrected chi connectivity index (χ3v) is 5.43. The highest BCUT2D eigenvalue weighted by Gasteiger charge is 2.14. The SMILES string of the molecule is C=C1C=C(C)c2ccc(OCc3ccc(OCc4cc5cc(C)ccc5o4)cc3)cc2O1. The van der Waals surface area contributed by atoms with E-state index >= 15 is 0 Å². The number of hydrogen-bond acceptors (Lipinski definition) is 4. The van der Waals surface area contributed by atoms with Crippen molar-refractivity contribution in [3.8, 4) is 17.2 Å². The largest absolute Gasteiger partial charge is 0.489 e. The summed E-state index contributed by atoms with van der Waals surface area (Å²) >= 11 is 0. The second-order valence-corrected chi connectivity index (χ2v) is 8.03. The van der Waals surface area contributed by atoms with Gasteiger partial charge in [-0.15, -0.1) is 0 Å². The molecule has 0 radical (unpaired) electrons. The van der Waals surface area contributed by atoms with Crippen LogP contribution in [0.3, 0.4) is 0 Å². The van der Waals surface area contributed by atoms with Gasteiger partial charge in [-0.05, 0) is 73.5 Å².